The van der Waals surface area contributed by atoms with E-state index in [4.69, 9.17) is 21.1 Å². The van der Waals surface area contributed by atoms with Crippen molar-refractivity contribution >= 4 is 39.4 Å². The molecule has 0 saturated heterocycles. The largest absolute Gasteiger partial charge is 0.490 e. The molecule has 0 bridgehead atoms. The SMILES string of the molecule is CCOc1cc(/C=N\NC(=O)CN(c2cccc(C)c2C)S(=O)(=O)c2ccc(C)cc2)ccc1OCc1cccc(Cl)c1. The molecule has 0 radical (unpaired) electrons. The number of hydrazone groups is 1. The number of carbonyl (C=O) groups excluding carboxylic acids is 1. The summed E-state index contributed by atoms with van der Waals surface area (Å²) < 4.78 is 40.2. The van der Waals surface area contributed by atoms with Gasteiger partial charge in [0.1, 0.15) is 13.2 Å². The second-order valence-electron chi connectivity index (χ2n) is 9.89. The number of hydrogen-bond acceptors (Lipinski definition) is 6. The van der Waals surface area contributed by atoms with E-state index in [2.05, 4.69) is 10.5 Å². The van der Waals surface area contributed by atoms with E-state index in [0.717, 1.165) is 26.6 Å². The number of rotatable bonds is 12. The zero-order valence-corrected chi connectivity index (χ0v) is 26.1. The van der Waals surface area contributed by atoms with Gasteiger partial charge in [-0.2, -0.15) is 5.10 Å². The topological polar surface area (TPSA) is 97.3 Å². The summed E-state index contributed by atoms with van der Waals surface area (Å²) >= 11 is 6.07. The van der Waals surface area contributed by atoms with Crippen LogP contribution < -0.4 is 19.2 Å². The van der Waals surface area contributed by atoms with E-state index in [1.54, 1.807) is 48.5 Å². The Kier molecular flexibility index (Phi) is 10.4. The molecule has 1 amide bonds. The Morgan fingerprint density at radius 3 is 2.40 bits per heavy atom. The average Bonchev–Trinajstić information content (AvgIpc) is 2.97. The van der Waals surface area contributed by atoms with Gasteiger partial charge in [0.2, 0.25) is 0 Å². The predicted octanol–water partition coefficient (Wildman–Crippen LogP) is 6.59. The van der Waals surface area contributed by atoms with Gasteiger partial charge < -0.3 is 9.47 Å². The van der Waals surface area contributed by atoms with Crippen molar-refractivity contribution in [3.05, 3.63) is 118 Å². The summed E-state index contributed by atoms with van der Waals surface area (Å²) in [7, 11) is -4.04. The lowest BCUT2D eigenvalue weighted by molar-refractivity contribution is -0.119. The molecule has 43 heavy (non-hydrogen) atoms. The normalized spacial score (nSPS) is 11.4. The minimum atomic E-state index is -4.04. The molecule has 0 unspecified atom stereocenters. The Bertz CT molecular complexity index is 1720. The standard InChI is InChI=1S/C33H34ClN3O5S/c1-5-41-32-19-26(14-17-31(32)42-22-27-9-7-10-28(34)18-27)20-35-36-33(38)21-37(30-11-6-8-24(3)25(30)4)43(39,40)29-15-12-23(2)13-16-29/h6-20H,5,21-22H2,1-4H3,(H,36,38)/b35-20-. The monoisotopic (exact) mass is 619 g/mol. The van der Waals surface area contributed by atoms with Crippen molar-refractivity contribution in [3.8, 4) is 11.5 Å². The molecule has 4 aromatic rings. The minimum Gasteiger partial charge on any atom is -0.490 e. The van der Waals surface area contributed by atoms with Gasteiger partial charge >= 0.3 is 0 Å². The van der Waals surface area contributed by atoms with Crippen LogP contribution in [0, 0.1) is 20.8 Å². The average molecular weight is 620 g/mol. The van der Waals surface area contributed by atoms with Crippen LogP contribution in [-0.2, 0) is 21.4 Å². The number of halogens is 1. The lowest BCUT2D eigenvalue weighted by atomic mass is 10.1. The van der Waals surface area contributed by atoms with Gasteiger partial charge in [0.15, 0.2) is 11.5 Å². The molecule has 8 nitrogen and oxygen atoms in total. The summed E-state index contributed by atoms with van der Waals surface area (Å²) in [6.07, 6.45) is 1.46. The molecular formula is C33H34ClN3O5S. The molecule has 0 saturated carbocycles. The zero-order chi connectivity index (χ0) is 31.0. The van der Waals surface area contributed by atoms with Gasteiger partial charge in [-0.3, -0.25) is 9.10 Å². The first kappa shape index (κ1) is 31.6. The molecule has 0 aliphatic rings. The van der Waals surface area contributed by atoms with E-state index in [-0.39, 0.29) is 4.90 Å². The van der Waals surface area contributed by atoms with Crippen LogP contribution >= 0.6 is 11.6 Å². The van der Waals surface area contributed by atoms with Crippen molar-refractivity contribution in [3.63, 3.8) is 0 Å². The van der Waals surface area contributed by atoms with E-state index >= 15 is 0 Å². The molecule has 0 aromatic heterocycles. The Morgan fingerprint density at radius 2 is 1.67 bits per heavy atom. The Labute approximate surface area is 258 Å². The maximum atomic E-state index is 13.7. The number of anilines is 1. The minimum absolute atomic E-state index is 0.0939. The molecule has 1 N–H and O–H groups in total. The maximum absolute atomic E-state index is 13.7. The van der Waals surface area contributed by atoms with E-state index in [1.165, 1.54) is 18.3 Å². The van der Waals surface area contributed by atoms with E-state index in [9.17, 15) is 13.2 Å². The quantitative estimate of drug-likeness (QED) is 0.143. The highest BCUT2D eigenvalue weighted by Crippen LogP contribution is 2.30. The number of sulfonamides is 1. The lowest BCUT2D eigenvalue weighted by Gasteiger charge is -2.26. The predicted molar refractivity (Wildman–Crippen MR) is 171 cm³/mol. The number of nitrogens with one attached hydrogen (secondary N) is 1. The first-order chi connectivity index (χ1) is 20.6. The van der Waals surface area contributed by atoms with Gasteiger partial charge in [0, 0.05) is 5.02 Å². The number of amides is 1. The summed E-state index contributed by atoms with van der Waals surface area (Å²) in [4.78, 5) is 13.1. The van der Waals surface area contributed by atoms with Crippen molar-refractivity contribution in [2.24, 2.45) is 5.10 Å². The van der Waals surface area contributed by atoms with Crippen molar-refractivity contribution in [1.29, 1.82) is 0 Å². The first-order valence-electron chi connectivity index (χ1n) is 13.7. The molecule has 4 rings (SSSR count). The van der Waals surface area contributed by atoms with E-state index in [1.807, 2.05) is 52.0 Å². The smallest absolute Gasteiger partial charge is 0.264 e. The number of ether oxygens (including phenoxy) is 2. The highest BCUT2D eigenvalue weighted by atomic mass is 35.5. The van der Waals surface area contributed by atoms with Gasteiger partial charge in [-0.1, -0.05) is 53.6 Å². The van der Waals surface area contributed by atoms with Gasteiger partial charge in [0.05, 0.1) is 23.4 Å². The summed E-state index contributed by atoms with van der Waals surface area (Å²) in [5.74, 6) is 0.470. The van der Waals surface area contributed by atoms with Crippen LogP contribution in [0.25, 0.3) is 0 Å². The van der Waals surface area contributed by atoms with Gasteiger partial charge in [-0.25, -0.2) is 13.8 Å². The fraction of sp³-hybridized carbons (Fsp3) is 0.212. The molecular weight excluding hydrogens is 586 g/mol. The van der Waals surface area contributed by atoms with Crippen molar-refractivity contribution in [1.82, 2.24) is 5.43 Å². The van der Waals surface area contributed by atoms with Crippen LogP contribution in [-0.4, -0.2) is 33.7 Å². The van der Waals surface area contributed by atoms with Crippen LogP contribution in [0.4, 0.5) is 5.69 Å². The summed E-state index contributed by atoms with van der Waals surface area (Å²) in [5, 5.41) is 4.70. The van der Waals surface area contributed by atoms with E-state index < -0.39 is 22.5 Å². The number of hydrogen-bond donors (Lipinski definition) is 1. The summed E-state index contributed by atoms with van der Waals surface area (Å²) in [6, 6.07) is 24.6. The zero-order valence-electron chi connectivity index (χ0n) is 24.5. The Morgan fingerprint density at radius 1 is 0.930 bits per heavy atom. The van der Waals surface area contributed by atoms with Crippen LogP contribution in [0.15, 0.2) is 94.9 Å². The maximum Gasteiger partial charge on any atom is 0.264 e. The molecule has 0 spiro atoms. The number of nitrogens with zero attached hydrogens (tertiary/aromatic N) is 2. The number of carbonyl (C=O) groups is 1. The molecule has 0 aliphatic carbocycles. The first-order valence-corrected chi connectivity index (χ1v) is 15.5. The molecule has 224 valence electrons. The fourth-order valence-electron chi connectivity index (χ4n) is 4.27. The van der Waals surface area contributed by atoms with Crippen molar-refractivity contribution in [2.45, 2.75) is 39.2 Å². The lowest BCUT2D eigenvalue weighted by Crippen LogP contribution is -2.40. The third kappa shape index (κ3) is 8.15. The Balaban J connectivity index is 1.50. The molecule has 0 aliphatic heterocycles. The third-order valence-corrected chi connectivity index (χ3v) is 8.70. The molecule has 0 atom stereocenters. The van der Waals surface area contributed by atoms with Gasteiger partial charge in [-0.05, 0) is 98.5 Å². The molecule has 4 aromatic carbocycles. The fourth-order valence-corrected chi connectivity index (χ4v) is 5.96. The summed E-state index contributed by atoms with van der Waals surface area (Å²) in [6.45, 7) is 7.75. The van der Waals surface area contributed by atoms with Crippen LogP contribution in [0.3, 0.4) is 0 Å². The van der Waals surface area contributed by atoms with Crippen molar-refractivity contribution in [2.75, 3.05) is 17.5 Å². The highest BCUT2D eigenvalue weighted by molar-refractivity contribution is 7.92. The second kappa shape index (κ2) is 14.2. The highest BCUT2D eigenvalue weighted by Gasteiger charge is 2.28. The number of benzene rings is 4. The molecule has 0 fully saturated rings. The number of aryl methyl sites for hydroxylation is 2. The molecule has 0 heterocycles. The van der Waals surface area contributed by atoms with Crippen molar-refractivity contribution < 1.29 is 22.7 Å². The summed E-state index contributed by atoms with van der Waals surface area (Å²) in [5.41, 5.74) is 7.05. The van der Waals surface area contributed by atoms with Gasteiger partial charge in [-0.15, -0.1) is 0 Å². The van der Waals surface area contributed by atoms with E-state index in [0.29, 0.717) is 41.0 Å². The second-order valence-corrected chi connectivity index (χ2v) is 12.2. The molecule has 10 heteroatoms. The Hall–Kier alpha value is -4.34. The van der Waals surface area contributed by atoms with Gasteiger partial charge in [0.25, 0.3) is 15.9 Å². The van der Waals surface area contributed by atoms with Crippen LogP contribution in [0.2, 0.25) is 5.02 Å². The van der Waals surface area contributed by atoms with Crippen LogP contribution in [0.1, 0.15) is 34.7 Å². The third-order valence-electron chi connectivity index (χ3n) is 6.69. The van der Waals surface area contributed by atoms with Crippen LogP contribution in [0.5, 0.6) is 11.5 Å².